The summed E-state index contributed by atoms with van der Waals surface area (Å²) in [5.41, 5.74) is 12.4. The maximum Gasteiger partial charge on any atom is 0.300 e. The Bertz CT molecular complexity index is 1720. The second-order valence-corrected chi connectivity index (χ2v) is 11.5. The Morgan fingerprint density at radius 3 is 2.53 bits per heavy atom. The molecule has 3 aromatic heterocycles. The van der Waals surface area contributed by atoms with Crippen molar-refractivity contribution in [3.8, 4) is 17.0 Å². The summed E-state index contributed by atoms with van der Waals surface area (Å²) >= 11 is 0. The van der Waals surface area contributed by atoms with E-state index in [2.05, 4.69) is 42.8 Å². The fourth-order valence-corrected chi connectivity index (χ4v) is 6.59. The van der Waals surface area contributed by atoms with Gasteiger partial charge in [0, 0.05) is 30.4 Å². The molecular formula is C32H38N8O3. The SMILES string of the molecule is CCCc1cc(OC)c2oc(Nc3ccc(-c4nn([C@H]5CC[C@H](N6CCOCC6)CC5)c5ncnc(N)c45)cc3)nc2c1. The van der Waals surface area contributed by atoms with Crippen LogP contribution in [0.3, 0.4) is 0 Å². The number of hydrogen-bond acceptors (Lipinski definition) is 10. The highest BCUT2D eigenvalue weighted by molar-refractivity contribution is 5.98. The molecule has 1 saturated heterocycles. The Morgan fingerprint density at radius 1 is 1.02 bits per heavy atom. The second kappa shape index (κ2) is 11.8. The van der Waals surface area contributed by atoms with Gasteiger partial charge >= 0.3 is 0 Å². The average molecular weight is 583 g/mol. The van der Waals surface area contributed by atoms with Gasteiger partial charge in [0.2, 0.25) is 0 Å². The molecule has 11 heteroatoms. The van der Waals surface area contributed by atoms with Crippen molar-refractivity contribution in [2.24, 2.45) is 0 Å². The van der Waals surface area contributed by atoms with Crippen LogP contribution in [0.4, 0.5) is 17.5 Å². The molecule has 0 radical (unpaired) electrons. The quantitative estimate of drug-likeness (QED) is 0.234. The molecule has 2 aliphatic rings. The molecule has 0 spiro atoms. The van der Waals surface area contributed by atoms with Crippen molar-refractivity contribution < 1.29 is 13.9 Å². The van der Waals surface area contributed by atoms with Crippen molar-refractivity contribution in [3.63, 3.8) is 0 Å². The molecule has 1 saturated carbocycles. The molecule has 1 aliphatic carbocycles. The van der Waals surface area contributed by atoms with Crippen LogP contribution in [0.5, 0.6) is 5.75 Å². The molecule has 0 amide bonds. The van der Waals surface area contributed by atoms with E-state index in [9.17, 15) is 0 Å². The molecule has 2 fully saturated rings. The number of nitrogen functional groups attached to an aromatic ring is 1. The summed E-state index contributed by atoms with van der Waals surface area (Å²) in [5.74, 6) is 1.13. The van der Waals surface area contributed by atoms with Crippen molar-refractivity contribution in [1.29, 1.82) is 0 Å². The average Bonchev–Trinajstić information content (AvgIpc) is 3.64. The van der Waals surface area contributed by atoms with Crippen LogP contribution in [0.15, 0.2) is 47.1 Å². The monoisotopic (exact) mass is 582 g/mol. The molecule has 0 bridgehead atoms. The van der Waals surface area contributed by atoms with Gasteiger partial charge in [-0.3, -0.25) is 4.90 Å². The zero-order chi connectivity index (χ0) is 29.3. The van der Waals surface area contributed by atoms with E-state index in [1.165, 1.54) is 11.9 Å². The number of oxazole rings is 1. The summed E-state index contributed by atoms with van der Waals surface area (Å²) in [7, 11) is 1.65. The number of aryl methyl sites for hydroxylation is 1. The second-order valence-electron chi connectivity index (χ2n) is 11.5. The minimum absolute atomic E-state index is 0.276. The number of nitrogens with one attached hydrogen (secondary N) is 1. The molecule has 3 N–H and O–H groups in total. The minimum atomic E-state index is 0.276. The number of anilines is 3. The van der Waals surface area contributed by atoms with Gasteiger partial charge in [-0.05, 0) is 61.9 Å². The van der Waals surface area contributed by atoms with Crippen molar-refractivity contribution in [3.05, 3.63) is 48.3 Å². The highest BCUT2D eigenvalue weighted by Crippen LogP contribution is 2.38. The lowest BCUT2D eigenvalue weighted by atomic mass is 9.90. The first-order chi connectivity index (χ1) is 21.1. The van der Waals surface area contributed by atoms with E-state index in [0.29, 0.717) is 29.2 Å². The Labute approximate surface area is 250 Å². The first-order valence-electron chi connectivity index (χ1n) is 15.3. The number of nitrogens with two attached hydrogens (primary N) is 1. The lowest BCUT2D eigenvalue weighted by Gasteiger charge is -2.38. The van der Waals surface area contributed by atoms with Crippen LogP contribution in [0, 0.1) is 0 Å². The molecular weight excluding hydrogens is 544 g/mol. The van der Waals surface area contributed by atoms with E-state index < -0.39 is 0 Å². The summed E-state index contributed by atoms with van der Waals surface area (Å²) in [6.45, 7) is 5.88. The van der Waals surface area contributed by atoms with Crippen LogP contribution in [0.2, 0.25) is 0 Å². The Morgan fingerprint density at radius 2 is 1.79 bits per heavy atom. The third kappa shape index (κ3) is 5.38. The smallest absolute Gasteiger partial charge is 0.300 e. The van der Waals surface area contributed by atoms with E-state index in [-0.39, 0.29) is 6.04 Å². The van der Waals surface area contributed by atoms with Gasteiger partial charge in [0.25, 0.3) is 6.01 Å². The van der Waals surface area contributed by atoms with E-state index in [1.807, 2.05) is 30.3 Å². The predicted molar refractivity (Wildman–Crippen MR) is 167 cm³/mol. The van der Waals surface area contributed by atoms with Gasteiger partial charge in [0.1, 0.15) is 23.4 Å². The van der Waals surface area contributed by atoms with Crippen LogP contribution in [0.1, 0.15) is 50.6 Å². The number of ether oxygens (including phenoxy) is 2. The van der Waals surface area contributed by atoms with E-state index in [4.69, 9.17) is 24.7 Å². The first kappa shape index (κ1) is 27.6. The number of methoxy groups -OCH3 is 1. The molecule has 5 aromatic rings. The topological polar surface area (TPSA) is 129 Å². The largest absolute Gasteiger partial charge is 0.493 e. The molecule has 0 atom stereocenters. The van der Waals surface area contributed by atoms with Crippen molar-refractivity contribution >= 4 is 39.7 Å². The third-order valence-corrected chi connectivity index (χ3v) is 8.78. The summed E-state index contributed by atoms with van der Waals surface area (Å²) in [6.07, 6.45) is 7.94. The van der Waals surface area contributed by atoms with Gasteiger partial charge in [-0.15, -0.1) is 0 Å². The first-order valence-corrected chi connectivity index (χ1v) is 15.3. The number of benzene rings is 2. The van der Waals surface area contributed by atoms with Crippen molar-refractivity contribution in [2.75, 3.05) is 44.5 Å². The maximum atomic E-state index is 6.41. The van der Waals surface area contributed by atoms with Crippen LogP contribution in [-0.4, -0.2) is 69.1 Å². The van der Waals surface area contributed by atoms with Crippen LogP contribution >= 0.6 is 0 Å². The minimum Gasteiger partial charge on any atom is -0.493 e. The van der Waals surface area contributed by atoms with Crippen molar-refractivity contribution in [1.82, 2.24) is 29.6 Å². The van der Waals surface area contributed by atoms with E-state index >= 15 is 0 Å². The van der Waals surface area contributed by atoms with Crippen LogP contribution in [-0.2, 0) is 11.2 Å². The molecule has 224 valence electrons. The lowest BCUT2D eigenvalue weighted by Crippen LogP contribution is -2.45. The normalized spacial score (nSPS) is 19.7. The molecule has 2 aromatic carbocycles. The Kier molecular flexibility index (Phi) is 7.58. The maximum absolute atomic E-state index is 6.41. The molecule has 43 heavy (non-hydrogen) atoms. The van der Waals surface area contributed by atoms with Crippen molar-refractivity contribution in [2.45, 2.75) is 57.5 Å². The summed E-state index contributed by atoms with van der Waals surface area (Å²) in [6, 6.07) is 13.4. The number of hydrogen-bond donors (Lipinski definition) is 2. The third-order valence-electron chi connectivity index (χ3n) is 8.78. The highest BCUT2D eigenvalue weighted by atomic mass is 16.5. The van der Waals surface area contributed by atoms with Gasteiger partial charge in [-0.2, -0.15) is 10.1 Å². The predicted octanol–water partition coefficient (Wildman–Crippen LogP) is 5.74. The lowest BCUT2D eigenvalue weighted by molar-refractivity contribution is 0.00520. The van der Waals surface area contributed by atoms with Crippen LogP contribution < -0.4 is 15.8 Å². The summed E-state index contributed by atoms with van der Waals surface area (Å²) in [5, 5.41) is 9.19. The molecule has 4 heterocycles. The highest BCUT2D eigenvalue weighted by Gasteiger charge is 2.30. The zero-order valence-corrected chi connectivity index (χ0v) is 24.8. The number of morpholine rings is 1. The number of rotatable bonds is 8. The van der Waals surface area contributed by atoms with Gasteiger partial charge < -0.3 is 24.9 Å². The van der Waals surface area contributed by atoms with Crippen LogP contribution in [0.25, 0.3) is 33.4 Å². The number of nitrogens with zero attached hydrogens (tertiary/aromatic N) is 6. The van der Waals surface area contributed by atoms with E-state index in [0.717, 1.165) is 98.3 Å². The number of aromatic nitrogens is 5. The molecule has 7 rings (SSSR count). The summed E-state index contributed by atoms with van der Waals surface area (Å²) in [4.78, 5) is 16.2. The Balaban J connectivity index is 1.12. The van der Waals surface area contributed by atoms with Gasteiger partial charge in [-0.1, -0.05) is 25.5 Å². The summed E-state index contributed by atoms with van der Waals surface area (Å²) < 4.78 is 19.2. The van der Waals surface area contributed by atoms with Gasteiger partial charge in [-0.25, -0.2) is 14.6 Å². The Hall–Kier alpha value is -4.22. The molecule has 11 nitrogen and oxygen atoms in total. The standard InChI is InChI=1S/C32H38N8O3/c1-3-4-20-17-25-29(26(18-20)41-2)43-32(37-25)36-22-7-5-21(6-8-22)28-27-30(33)34-19-35-31(27)40(38-28)24-11-9-23(10-12-24)39-13-15-42-16-14-39/h5-8,17-19,23-24H,3-4,9-16H2,1-2H3,(H,36,37)(H2,33,34,35)/t23-,24-. The zero-order valence-electron chi connectivity index (χ0n) is 24.8. The molecule has 1 aliphatic heterocycles. The van der Waals surface area contributed by atoms with E-state index in [1.54, 1.807) is 7.11 Å². The fraction of sp³-hybridized carbons (Fsp3) is 0.438. The number of fused-ring (bicyclic) bond motifs is 2. The van der Waals surface area contributed by atoms with Gasteiger partial charge in [0.15, 0.2) is 17.0 Å². The molecule has 0 unspecified atom stereocenters. The van der Waals surface area contributed by atoms with Gasteiger partial charge in [0.05, 0.1) is 31.8 Å². The fourth-order valence-electron chi connectivity index (χ4n) is 6.59.